The highest BCUT2D eigenvalue weighted by atomic mass is 127. The second kappa shape index (κ2) is 8.60. The summed E-state index contributed by atoms with van der Waals surface area (Å²) in [5.41, 5.74) is 2.26. The summed E-state index contributed by atoms with van der Waals surface area (Å²) >= 11 is 3.45. The predicted molar refractivity (Wildman–Crippen MR) is 123 cm³/mol. The molecule has 4 rings (SSSR count). The van der Waals surface area contributed by atoms with Gasteiger partial charge in [-0.3, -0.25) is 4.79 Å². The molecule has 0 aliphatic carbocycles. The normalized spacial score (nSPS) is 11.9. The zero-order valence-electron chi connectivity index (χ0n) is 16.2. The summed E-state index contributed by atoms with van der Waals surface area (Å²) in [5, 5.41) is 0. The molecule has 0 N–H and O–H groups in total. The third kappa shape index (κ3) is 3.86. The fraction of sp³-hybridized carbons (Fsp3) is 0.190. The lowest BCUT2D eigenvalue weighted by Crippen LogP contribution is -2.22. The fourth-order valence-electron chi connectivity index (χ4n) is 3.06. The van der Waals surface area contributed by atoms with Gasteiger partial charge >= 0.3 is 5.97 Å². The van der Waals surface area contributed by atoms with Gasteiger partial charge in [-0.2, -0.15) is 0 Å². The molecule has 7 nitrogen and oxygen atoms in total. The molecule has 0 saturated carbocycles. The number of carbonyl (C=O) groups excluding carboxylic acids is 1. The first-order chi connectivity index (χ1) is 14.5. The van der Waals surface area contributed by atoms with Crippen molar-refractivity contribution in [2.24, 2.45) is 0 Å². The number of ether oxygens (including phenoxy) is 3. The highest BCUT2D eigenvalue weighted by Gasteiger charge is 2.15. The Kier molecular flexibility index (Phi) is 5.91. The van der Waals surface area contributed by atoms with Crippen LogP contribution in [0.1, 0.15) is 12.5 Å². The van der Waals surface area contributed by atoms with Crippen LogP contribution >= 0.6 is 33.9 Å². The molecule has 0 aliphatic heterocycles. The molecule has 30 heavy (non-hydrogen) atoms. The molecule has 9 heteroatoms. The number of fused-ring (bicyclic) bond motifs is 3. The number of esters is 1. The van der Waals surface area contributed by atoms with Crippen molar-refractivity contribution < 1.29 is 19.0 Å². The van der Waals surface area contributed by atoms with Gasteiger partial charge in [0.25, 0.3) is 5.56 Å². The van der Waals surface area contributed by atoms with E-state index in [-0.39, 0.29) is 12.2 Å². The zero-order chi connectivity index (χ0) is 21.3. The van der Waals surface area contributed by atoms with E-state index in [4.69, 9.17) is 14.2 Å². The van der Waals surface area contributed by atoms with E-state index in [1.807, 2.05) is 30.3 Å². The van der Waals surface area contributed by atoms with Crippen molar-refractivity contribution in [3.63, 3.8) is 0 Å². The summed E-state index contributed by atoms with van der Waals surface area (Å²) in [6.07, 6.45) is 1.80. The highest BCUT2D eigenvalue weighted by molar-refractivity contribution is 14.1. The number of methoxy groups -OCH3 is 1. The first-order valence-corrected chi connectivity index (χ1v) is 11.0. The van der Waals surface area contributed by atoms with Crippen molar-refractivity contribution in [2.75, 3.05) is 20.3 Å². The maximum atomic E-state index is 12.9. The summed E-state index contributed by atoms with van der Waals surface area (Å²) in [7, 11) is 1.52. The van der Waals surface area contributed by atoms with Crippen LogP contribution in [0.5, 0.6) is 11.5 Å². The van der Waals surface area contributed by atoms with Gasteiger partial charge in [0.1, 0.15) is 0 Å². The van der Waals surface area contributed by atoms with Gasteiger partial charge in [-0.1, -0.05) is 23.5 Å². The number of rotatable bonds is 6. The van der Waals surface area contributed by atoms with Crippen LogP contribution in [0.3, 0.4) is 0 Å². The summed E-state index contributed by atoms with van der Waals surface area (Å²) in [6.45, 7) is 1.83. The van der Waals surface area contributed by atoms with Gasteiger partial charge in [-0.05, 0) is 65.4 Å². The van der Waals surface area contributed by atoms with Gasteiger partial charge in [-0.25, -0.2) is 14.2 Å². The molecule has 0 atom stereocenters. The van der Waals surface area contributed by atoms with Crippen LogP contribution in [0.4, 0.5) is 0 Å². The van der Waals surface area contributed by atoms with E-state index in [0.29, 0.717) is 27.6 Å². The molecule has 4 aromatic rings. The third-order valence-electron chi connectivity index (χ3n) is 4.33. The van der Waals surface area contributed by atoms with Crippen molar-refractivity contribution in [3.8, 4) is 11.5 Å². The maximum Gasteiger partial charge on any atom is 0.344 e. The Morgan fingerprint density at radius 2 is 2.10 bits per heavy atom. The van der Waals surface area contributed by atoms with E-state index in [0.717, 1.165) is 20.2 Å². The number of para-hydroxylation sites is 2. The third-order valence-corrected chi connectivity index (χ3v) is 6.10. The smallest absolute Gasteiger partial charge is 0.344 e. The Hall–Kier alpha value is -2.66. The number of benzene rings is 2. The number of hydrogen-bond acceptors (Lipinski definition) is 7. The van der Waals surface area contributed by atoms with Crippen LogP contribution in [-0.4, -0.2) is 35.7 Å². The van der Waals surface area contributed by atoms with Crippen LogP contribution in [0.15, 0.2) is 41.2 Å². The minimum absolute atomic E-state index is 0.111. The molecule has 0 amide bonds. The number of thiazole rings is 1. The molecule has 2 aromatic carbocycles. The van der Waals surface area contributed by atoms with E-state index >= 15 is 0 Å². The van der Waals surface area contributed by atoms with Crippen LogP contribution < -0.4 is 19.6 Å². The topological polar surface area (TPSA) is 79.1 Å². The average molecular weight is 536 g/mol. The van der Waals surface area contributed by atoms with Crippen LogP contribution in [-0.2, 0) is 9.53 Å². The number of nitrogens with zero attached hydrogens (tertiary/aromatic N) is 2. The number of hydrogen-bond donors (Lipinski definition) is 0. The first-order valence-electron chi connectivity index (χ1n) is 9.09. The summed E-state index contributed by atoms with van der Waals surface area (Å²) in [4.78, 5) is 29.7. The number of carbonyl (C=O) groups is 1. The molecular weight excluding hydrogens is 519 g/mol. The average Bonchev–Trinajstić information content (AvgIpc) is 3.23. The summed E-state index contributed by atoms with van der Waals surface area (Å²) in [6, 6.07) is 11.2. The zero-order valence-corrected chi connectivity index (χ0v) is 19.2. The number of aromatic nitrogens is 2. The summed E-state index contributed by atoms with van der Waals surface area (Å²) < 4.78 is 18.9. The van der Waals surface area contributed by atoms with E-state index in [1.54, 1.807) is 23.5 Å². The Labute approximate surface area is 189 Å². The molecule has 0 bridgehead atoms. The van der Waals surface area contributed by atoms with Crippen LogP contribution in [0, 0.1) is 3.57 Å². The minimum Gasteiger partial charge on any atom is -0.493 e. The van der Waals surface area contributed by atoms with E-state index < -0.39 is 5.97 Å². The molecule has 2 heterocycles. The Balaban J connectivity index is 1.73. The lowest BCUT2D eigenvalue weighted by atomic mass is 10.2. The van der Waals surface area contributed by atoms with Crippen LogP contribution in [0.25, 0.3) is 22.1 Å². The molecule has 154 valence electrons. The van der Waals surface area contributed by atoms with Gasteiger partial charge in [0.2, 0.25) is 0 Å². The van der Waals surface area contributed by atoms with Crippen LogP contribution in [0.2, 0.25) is 0 Å². The SMILES string of the molecule is CCOC(=O)COc1c(I)cc(C=c2sc3nc4ccccc4n3c2=O)cc1OC. The van der Waals surface area contributed by atoms with Gasteiger partial charge in [-0.15, -0.1) is 0 Å². The Morgan fingerprint density at radius 3 is 2.87 bits per heavy atom. The molecule has 0 unspecified atom stereocenters. The fourth-order valence-corrected chi connectivity index (χ4v) is 4.83. The van der Waals surface area contributed by atoms with E-state index in [1.165, 1.54) is 18.4 Å². The van der Waals surface area contributed by atoms with Gasteiger partial charge in [0, 0.05) is 0 Å². The largest absolute Gasteiger partial charge is 0.493 e. The lowest BCUT2D eigenvalue weighted by molar-refractivity contribution is -0.145. The highest BCUT2D eigenvalue weighted by Crippen LogP contribution is 2.34. The summed E-state index contributed by atoms with van der Waals surface area (Å²) in [5.74, 6) is 0.477. The first kappa shape index (κ1) is 20.6. The van der Waals surface area contributed by atoms with E-state index in [9.17, 15) is 9.59 Å². The number of imidazole rings is 1. The standard InChI is InChI=1S/C21H17IN2O5S/c1-3-28-18(25)11-29-19-13(22)8-12(9-16(19)27-2)10-17-20(26)24-15-7-5-4-6-14(15)23-21(24)30-17/h4-10H,3,11H2,1-2H3. The quantitative estimate of drug-likeness (QED) is 0.279. The van der Waals surface area contributed by atoms with Gasteiger partial charge in [0.15, 0.2) is 23.1 Å². The number of halogens is 1. The molecule has 0 radical (unpaired) electrons. The monoisotopic (exact) mass is 536 g/mol. The van der Waals surface area contributed by atoms with Gasteiger partial charge < -0.3 is 14.2 Å². The van der Waals surface area contributed by atoms with Crippen molar-refractivity contribution in [1.29, 1.82) is 0 Å². The van der Waals surface area contributed by atoms with E-state index in [2.05, 4.69) is 27.6 Å². The molecule has 0 fully saturated rings. The predicted octanol–water partition coefficient (Wildman–Crippen LogP) is 3.01. The van der Waals surface area contributed by atoms with Gasteiger partial charge in [0.05, 0.1) is 32.9 Å². The Morgan fingerprint density at radius 1 is 1.30 bits per heavy atom. The van der Waals surface area contributed by atoms with Crippen molar-refractivity contribution in [2.45, 2.75) is 6.92 Å². The van der Waals surface area contributed by atoms with Crippen molar-refractivity contribution >= 4 is 62.0 Å². The molecule has 0 saturated heterocycles. The molecular formula is C21H17IN2O5S. The lowest BCUT2D eigenvalue weighted by Gasteiger charge is -2.13. The van der Waals surface area contributed by atoms with Crippen molar-refractivity contribution in [1.82, 2.24) is 9.38 Å². The second-order valence-corrected chi connectivity index (χ2v) is 8.43. The molecule has 0 aliphatic rings. The van der Waals surface area contributed by atoms with Crippen molar-refractivity contribution in [3.05, 3.63) is 60.4 Å². The maximum absolute atomic E-state index is 12.9. The molecule has 2 aromatic heterocycles. The minimum atomic E-state index is -0.448. The second-order valence-electron chi connectivity index (χ2n) is 6.26. The Bertz CT molecular complexity index is 1360. The molecule has 0 spiro atoms.